The van der Waals surface area contributed by atoms with Gasteiger partial charge in [0.15, 0.2) is 10.2 Å². The van der Waals surface area contributed by atoms with Crippen LogP contribution >= 0.6 is 15.9 Å². The number of hydrogen-bond acceptors (Lipinski definition) is 4. The van der Waals surface area contributed by atoms with Gasteiger partial charge in [-0.15, -0.1) is 0 Å². The summed E-state index contributed by atoms with van der Waals surface area (Å²) in [5.74, 6) is 0.485. The van der Waals surface area contributed by atoms with Gasteiger partial charge >= 0.3 is 0 Å². The molecule has 1 amide bonds. The van der Waals surface area contributed by atoms with Gasteiger partial charge < -0.3 is 20.2 Å². The number of primary amides is 1. The van der Waals surface area contributed by atoms with E-state index >= 15 is 0 Å². The van der Waals surface area contributed by atoms with E-state index in [1.807, 2.05) is 12.1 Å². The maximum Gasteiger partial charge on any atom is 0.250 e. The Kier molecular flexibility index (Phi) is 4.04. The van der Waals surface area contributed by atoms with Crippen molar-refractivity contribution in [3.05, 3.63) is 46.8 Å². The van der Waals surface area contributed by atoms with Gasteiger partial charge in [0.2, 0.25) is 0 Å². The number of hydrogen-bond donors (Lipinski definition) is 2. The average Bonchev–Trinajstić information content (AvgIpc) is 2.86. The summed E-state index contributed by atoms with van der Waals surface area (Å²) in [5, 5.41) is 3.09. The molecule has 1 unspecified atom stereocenters. The first-order chi connectivity index (χ1) is 9.47. The predicted molar refractivity (Wildman–Crippen MR) is 79.6 cm³/mol. The van der Waals surface area contributed by atoms with Crippen LogP contribution in [0.4, 0.5) is 5.69 Å². The normalized spacial score (nSPS) is 13.6. The van der Waals surface area contributed by atoms with E-state index in [1.165, 1.54) is 0 Å². The fourth-order valence-corrected chi connectivity index (χ4v) is 2.15. The number of furan rings is 1. The molecule has 2 aromatic rings. The van der Waals surface area contributed by atoms with Gasteiger partial charge in [0.1, 0.15) is 11.5 Å². The third-order valence-electron chi connectivity index (χ3n) is 3.05. The summed E-state index contributed by atoms with van der Waals surface area (Å²) in [4.78, 5) is 11.9. The number of para-hydroxylation sites is 2. The second-order valence-corrected chi connectivity index (χ2v) is 5.20. The van der Waals surface area contributed by atoms with Gasteiger partial charge in [-0.1, -0.05) is 12.1 Å². The first kappa shape index (κ1) is 14.5. The van der Waals surface area contributed by atoms with Gasteiger partial charge in [0.05, 0.1) is 12.8 Å². The van der Waals surface area contributed by atoms with Gasteiger partial charge in [-0.05, 0) is 47.1 Å². The van der Waals surface area contributed by atoms with E-state index in [1.54, 1.807) is 38.3 Å². The zero-order valence-corrected chi connectivity index (χ0v) is 12.7. The Bertz CT molecular complexity index is 626. The minimum absolute atomic E-state index is 0.419. The number of ether oxygens (including phenoxy) is 1. The third kappa shape index (κ3) is 2.65. The van der Waals surface area contributed by atoms with E-state index in [4.69, 9.17) is 14.9 Å². The van der Waals surface area contributed by atoms with E-state index < -0.39 is 11.4 Å². The maximum absolute atomic E-state index is 11.9. The fourth-order valence-electron chi connectivity index (χ4n) is 1.84. The molecule has 0 aliphatic rings. The molecule has 2 rings (SSSR count). The van der Waals surface area contributed by atoms with Crippen LogP contribution in [-0.2, 0) is 10.3 Å². The molecule has 5 nitrogen and oxygen atoms in total. The van der Waals surface area contributed by atoms with Crippen molar-refractivity contribution in [3.63, 3.8) is 0 Å². The number of benzene rings is 1. The van der Waals surface area contributed by atoms with Crippen molar-refractivity contribution >= 4 is 27.5 Å². The molecule has 1 heterocycles. The lowest BCUT2D eigenvalue weighted by molar-refractivity contribution is -0.122. The summed E-state index contributed by atoms with van der Waals surface area (Å²) in [6.07, 6.45) is 0. The second kappa shape index (κ2) is 5.58. The zero-order valence-electron chi connectivity index (χ0n) is 11.1. The van der Waals surface area contributed by atoms with Crippen LogP contribution in [0.1, 0.15) is 12.7 Å². The predicted octanol–water partition coefficient (Wildman–Crippen LogP) is 2.86. The number of methoxy groups -OCH3 is 1. The first-order valence-electron chi connectivity index (χ1n) is 5.94. The Hall–Kier alpha value is -1.95. The molecule has 0 aliphatic carbocycles. The standard InChI is InChI=1S/C14H15BrN2O3/c1-14(13(16)18,11-7-8-12(15)20-11)17-9-5-3-4-6-10(9)19-2/h3-8,17H,1-2H3,(H2,16,18). The molecule has 1 aromatic carbocycles. The van der Waals surface area contributed by atoms with Crippen LogP contribution in [0.2, 0.25) is 0 Å². The Morgan fingerprint density at radius 1 is 1.35 bits per heavy atom. The Balaban J connectivity index is 2.42. The third-order valence-corrected chi connectivity index (χ3v) is 3.48. The number of halogens is 1. The monoisotopic (exact) mass is 338 g/mol. The number of rotatable bonds is 5. The summed E-state index contributed by atoms with van der Waals surface area (Å²) in [5.41, 5.74) is 5.01. The number of nitrogens with two attached hydrogens (primary N) is 1. The lowest BCUT2D eigenvalue weighted by atomic mass is 9.97. The summed E-state index contributed by atoms with van der Waals surface area (Å²) in [6.45, 7) is 1.66. The van der Waals surface area contributed by atoms with E-state index in [0.717, 1.165) is 0 Å². The molecule has 0 aliphatic heterocycles. The number of anilines is 1. The number of carbonyl (C=O) groups is 1. The van der Waals surface area contributed by atoms with Gasteiger partial charge in [-0.25, -0.2) is 0 Å². The van der Waals surface area contributed by atoms with Crippen LogP contribution in [0.15, 0.2) is 45.5 Å². The first-order valence-corrected chi connectivity index (χ1v) is 6.73. The lowest BCUT2D eigenvalue weighted by Crippen LogP contribution is -2.45. The second-order valence-electron chi connectivity index (χ2n) is 4.42. The van der Waals surface area contributed by atoms with Crippen LogP contribution < -0.4 is 15.8 Å². The molecule has 0 spiro atoms. The zero-order chi connectivity index (χ0) is 14.8. The molecule has 1 atom stereocenters. The van der Waals surface area contributed by atoms with Crippen LogP contribution in [0.5, 0.6) is 5.75 Å². The molecule has 3 N–H and O–H groups in total. The molecule has 1 aromatic heterocycles. The minimum Gasteiger partial charge on any atom is -0.495 e. The van der Waals surface area contributed by atoms with Crippen LogP contribution in [0, 0.1) is 0 Å². The molecule has 0 fully saturated rings. The smallest absolute Gasteiger partial charge is 0.250 e. The van der Waals surface area contributed by atoms with E-state index in [9.17, 15) is 4.79 Å². The highest BCUT2D eigenvalue weighted by atomic mass is 79.9. The van der Waals surface area contributed by atoms with Crippen LogP contribution in [0.3, 0.4) is 0 Å². The molecular formula is C14H15BrN2O3. The van der Waals surface area contributed by atoms with E-state index in [-0.39, 0.29) is 0 Å². The summed E-state index contributed by atoms with van der Waals surface area (Å²) >= 11 is 3.22. The average molecular weight is 339 g/mol. The molecule has 0 radical (unpaired) electrons. The van der Waals surface area contributed by atoms with Gasteiger partial charge in [0, 0.05) is 0 Å². The molecular weight excluding hydrogens is 324 g/mol. The van der Waals surface area contributed by atoms with Crippen molar-refractivity contribution in [1.29, 1.82) is 0 Å². The van der Waals surface area contributed by atoms with Crippen molar-refractivity contribution in [3.8, 4) is 5.75 Å². The Morgan fingerprint density at radius 2 is 2.05 bits per heavy atom. The molecule has 0 saturated heterocycles. The molecule has 20 heavy (non-hydrogen) atoms. The van der Waals surface area contributed by atoms with Gasteiger partial charge in [-0.3, -0.25) is 4.79 Å². The van der Waals surface area contributed by atoms with Crippen LogP contribution in [-0.4, -0.2) is 13.0 Å². The number of nitrogens with one attached hydrogen (secondary N) is 1. The van der Waals surface area contributed by atoms with Crippen molar-refractivity contribution in [2.75, 3.05) is 12.4 Å². The minimum atomic E-state index is -1.18. The van der Waals surface area contributed by atoms with Crippen molar-refractivity contribution < 1.29 is 13.9 Å². The Labute approximate surface area is 125 Å². The molecule has 0 saturated carbocycles. The van der Waals surface area contributed by atoms with E-state index in [0.29, 0.717) is 21.9 Å². The summed E-state index contributed by atoms with van der Waals surface area (Å²) in [6, 6.07) is 10.7. The molecule has 6 heteroatoms. The van der Waals surface area contributed by atoms with Crippen molar-refractivity contribution in [1.82, 2.24) is 0 Å². The topological polar surface area (TPSA) is 77.5 Å². The fraction of sp³-hybridized carbons (Fsp3) is 0.214. The number of carbonyl (C=O) groups excluding carboxylic acids is 1. The maximum atomic E-state index is 11.9. The quantitative estimate of drug-likeness (QED) is 0.878. The molecule has 106 valence electrons. The van der Waals surface area contributed by atoms with Gasteiger partial charge in [-0.2, -0.15) is 0 Å². The number of amides is 1. The van der Waals surface area contributed by atoms with Crippen molar-refractivity contribution in [2.45, 2.75) is 12.5 Å². The summed E-state index contributed by atoms with van der Waals surface area (Å²) < 4.78 is 11.3. The van der Waals surface area contributed by atoms with Crippen LogP contribution in [0.25, 0.3) is 0 Å². The van der Waals surface area contributed by atoms with Gasteiger partial charge in [0.25, 0.3) is 5.91 Å². The Morgan fingerprint density at radius 3 is 2.60 bits per heavy atom. The highest BCUT2D eigenvalue weighted by Crippen LogP contribution is 2.33. The SMILES string of the molecule is COc1ccccc1NC(C)(C(N)=O)c1ccc(Br)o1. The largest absolute Gasteiger partial charge is 0.495 e. The highest BCUT2D eigenvalue weighted by Gasteiger charge is 2.37. The summed E-state index contributed by atoms with van der Waals surface area (Å²) in [7, 11) is 1.56. The van der Waals surface area contributed by atoms with E-state index in [2.05, 4.69) is 21.2 Å². The van der Waals surface area contributed by atoms with Crippen molar-refractivity contribution in [2.24, 2.45) is 5.73 Å². The molecule has 0 bridgehead atoms. The highest BCUT2D eigenvalue weighted by molar-refractivity contribution is 9.10. The lowest BCUT2D eigenvalue weighted by Gasteiger charge is -2.27.